The van der Waals surface area contributed by atoms with E-state index in [9.17, 15) is 4.79 Å². The molecule has 1 aromatic rings. The van der Waals surface area contributed by atoms with E-state index in [1.165, 1.54) is 6.92 Å². The van der Waals surface area contributed by atoms with Crippen LogP contribution in [-0.4, -0.2) is 5.78 Å². The highest BCUT2D eigenvalue weighted by Gasteiger charge is 2.09. The molecule has 0 spiro atoms. The summed E-state index contributed by atoms with van der Waals surface area (Å²) in [5.74, 6) is -0.0651. The van der Waals surface area contributed by atoms with Crippen LogP contribution in [0, 0.1) is 11.3 Å². The van der Waals surface area contributed by atoms with Crippen molar-refractivity contribution in [3.63, 3.8) is 0 Å². The molecule has 0 aromatic heterocycles. The Bertz CT molecular complexity index is 407. The van der Waals surface area contributed by atoms with Crippen molar-refractivity contribution in [1.29, 1.82) is 5.26 Å². The summed E-state index contributed by atoms with van der Waals surface area (Å²) in [5, 5.41) is 8.66. The van der Waals surface area contributed by atoms with E-state index in [1.54, 1.807) is 12.1 Å². The minimum atomic E-state index is -0.0651. The van der Waals surface area contributed by atoms with Crippen LogP contribution in [0.1, 0.15) is 22.8 Å². The van der Waals surface area contributed by atoms with Crippen LogP contribution in [0.4, 0.5) is 0 Å². The molecule has 0 unspecified atom stereocenters. The van der Waals surface area contributed by atoms with E-state index >= 15 is 0 Å². The normalized spacial score (nSPS) is 9.38. The summed E-state index contributed by atoms with van der Waals surface area (Å²) in [6.07, 6.45) is 0. The molecular weight excluding hydrogens is 298 g/mol. The summed E-state index contributed by atoms with van der Waals surface area (Å²) >= 11 is 6.52. The minimum absolute atomic E-state index is 0.0651. The third-order valence-corrected chi connectivity index (χ3v) is 3.55. The Morgan fingerprint density at radius 3 is 2.54 bits per heavy atom. The highest BCUT2D eigenvalue weighted by molar-refractivity contribution is 9.13. The number of nitrogens with zero attached hydrogens (tertiary/aromatic N) is 1. The summed E-state index contributed by atoms with van der Waals surface area (Å²) in [6.45, 7) is 1.47. The van der Waals surface area contributed by atoms with Gasteiger partial charge in [-0.25, -0.2) is 0 Å². The van der Waals surface area contributed by atoms with Gasteiger partial charge in [-0.2, -0.15) is 5.26 Å². The molecule has 1 aromatic carbocycles. The zero-order valence-electron chi connectivity index (χ0n) is 6.77. The fourth-order valence-corrected chi connectivity index (χ4v) is 1.88. The lowest BCUT2D eigenvalue weighted by Gasteiger charge is -2.02. The number of Topliss-reactive ketones (excluding diaryl/α,β-unsaturated/α-hetero) is 1. The van der Waals surface area contributed by atoms with Crippen molar-refractivity contribution < 1.29 is 4.79 Å². The van der Waals surface area contributed by atoms with Gasteiger partial charge in [0.25, 0.3) is 0 Å². The molecule has 66 valence electrons. The molecule has 0 heterocycles. The molecule has 2 nitrogen and oxygen atoms in total. The van der Waals surface area contributed by atoms with Gasteiger partial charge in [-0.3, -0.25) is 4.79 Å². The van der Waals surface area contributed by atoms with Gasteiger partial charge in [-0.1, -0.05) is 0 Å². The topological polar surface area (TPSA) is 40.9 Å². The van der Waals surface area contributed by atoms with Gasteiger partial charge in [0.1, 0.15) is 0 Å². The van der Waals surface area contributed by atoms with E-state index in [0.29, 0.717) is 15.6 Å². The molecule has 0 aliphatic heterocycles. The standard InChI is InChI=1S/C9H5Br2NO/c1-5(13)7-2-6(4-12)3-8(10)9(7)11/h2-3H,1H3. The maximum Gasteiger partial charge on any atom is 0.161 e. The number of rotatable bonds is 1. The average Bonchev–Trinajstić information content (AvgIpc) is 2.09. The molecule has 0 saturated carbocycles. The summed E-state index contributed by atoms with van der Waals surface area (Å²) in [6, 6.07) is 5.22. The predicted octanol–water partition coefficient (Wildman–Crippen LogP) is 3.29. The molecule has 0 amide bonds. The number of hydrogen-bond acceptors (Lipinski definition) is 2. The van der Waals surface area contributed by atoms with Gasteiger partial charge in [0.2, 0.25) is 0 Å². The Hall–Kier alpha value is -0.660. The molecule has 0 bridgehead atoms. The number of nitriles is 1. The Morgan fingerprint density at radius 2 is 2.08 bits per heavy atom. The largest absolute Gasteiger partial charge is 0.294 e. The quantitative estimate of drug-likeness (QED) is 0.747. The summed E-state index contributed by atoms with van der Waals surface area (Å²) in [7, 11) is 0. The zero-order chi connectivity index (χ0) is 10.0. The number of carbonyl (C=O) groups is 1. The average molecular weight is 303 g/mol. The molecule has 0 radical (unpaired) electrons. The lowest BCUT2D eigenvalue weighted by molar-refractivity contribution is 0.101. The molecular formula is C9H5Br2NO. The van der Waals surface area contributed by atoms with E-state index in [0.717, 1.165) is 4.47 Å². The molecule has 0 fully saturated rings. The lowest BCUT2D eigenvalue weighted by atomic mass is 10.1. The van der Waals surface area contributed by atoms with E-state index in [4.69, 9.17) is 5.26 Å². The minimum Gasteiger partial charge on any atom is -0.294 e. The van der Waals surface area contributed by atoms with Crippen molar-refractivity contribution in [2.75, 3.05) is 0 Å². The van der Waals surface area contributed by atoms with Crippen LogP contribution >= 0.6 is 31.9 Å². The lowest BCUT2D eigenvalue weighted by Crippen LogP contribution is -1.95. The van der Waals surface area contributed by atoms with Crippen molar-refractivity contribution in [2.24, 2.45) is 0 Å². The second-order valence-electron chi connectivity index (χ2n) is 2.49. The van der Waals surface area contributed by atoms with E-state index < -0.39 is 0 Å². The first-order valence-corrected chi connectivity index (χ1v) is 5.05. The number of halogens is 2. The van der Waals surface area contributed by atoms with Gasteiger partial charge in [0, 0.05) is 14.5 Å². The molecule has 4 heteroatoms. The monoisotopic (exact) mass is 301 g/mol. The zero-order valence-corrected chi connectivity index (χ0v) is 9.94. The maximum atomic E-state index is 11.1. The van der Waals surface area contributed by atoms with Crippen molar-refractivity contribution in [3.8, 4) is 6.07 Å². The maximum absolute atomic E-state index is 11.1. The van der Waals surface area contributed by atoms with Gasteiger partial charge in [0.05, 0.1) is 11.6 Å². The van der Waals surface area contributed by atoms with E-state index in [-0.39, 0.29) is 5.78 Å². The van der Waals surface area contributed by atoms with Crippen LogP contribution in [0.15, 0.2) is 21.1 Å². The second kappa shape index (κ2) is 4.03. The number of benzene rings is 1. The second-order valence-corrected chi connectivity index (χ2v) is 4.13. The van der Waals surface area contributed by atoms with Crippen LogP contribution in [0.5, 0.6) is 0 Å². The Morgan fingerprint density at radius 1 is 1.46 bits per heavy atom. The van der Waals surface area contributed by atoms with Crippen LogP contribution in [0.25, 0.3) is 0 Å². The van der Waals surface area contributed by atoms with Gasteiger partial charge >= 0.3 is 0 Å². The van der Waals surface area contributed by atoms with Gasteiger partial charge in [0.15, 0.2) is 5.78 Å². The Labute approximate surface area is 92.8 Å². The van der Waals surface area contributed by atoms with Gasteiger partial charge in [-0.15, -0.1) is 0 Å². The first-order chi connectivity index (χ1) is 6.06. The highest BCUT2D eigenvalue weighted by atomic mass is 79.9. The van der Waals surface area contributed by atoms with Crippen molar-refractivity contribution in [2.45, 2.75) is 6.92 Å². The summed E-state index contributed by atoms with van der Waals surface area (Å²) in [5.41, 5.74) is 0.992. The van der Waals surface area contributed by atoms with Crippen LogP contribution in [0.3, 0.4) is 0 Å². The van der Waals surface area contributed by atoms with E-state index in [2.05, 4.69) is 31.9 Å². The third kappa shape index (κ3) is 2.17. The third-order valence-electron chi connectivity index (χ3n) is 1.54. The summed E-state index contributed by atoms with van der Waals surface area (Å²) < 4.78 is 1.41. The molecule has 0 saturated heterocycles. The fraction of sp³-hybridized carbons (Fsp3) is 0.111. The number of ketones is 1. The fourth-order valence-electron chi connectivity index (χ4n) is 0.910. The number of carbonyl (C=O) groups excluding carboxylic acids is 1. The molecule has 0 N–H and O–H groups in total. The summed E-state index contributed by atoms with van der Waals surface area (Å²) in [4.78, 5) is 11.1. The molecule has 1 rings (SSSR count). The van der Waals surface area contributed by atoms with Crippen molar-refractivity contribution in [3.05, 3.63) is 32.2 Å². The molecule has 13 heavy (non-hydrogen) atoms. The van der Waals surface area contributed by atoms with Gasteiger partial charge < -0.3 is 0 Å². The number of hydrogen-bond donors (Lipinski definition) is 0. The molecule has 0 aliphatic rings. The molecule has 0 aliphatic carbocycles. The molecule has 0 atom stereocenters. The first-order valence-electron chi connectivity index (χ1n) is 3.46. The first kappa shape index (κ1) is 10.4. The van der Waals surface area contributed by atoms with Crippen LogP contribution in [-0.2, 0) is 0 Å². The smallest absolute Gasteiger partial charge is 0.161 e. The van der Waals surface area contributed by atoms with Crippen LogP contribution in [0.2, 0.25) is 0 Å². The van der Waals surface area contributed by atoms with Gasteiger partial charge in [-0.05, 0) is 50.9 Å². The van der Waals surface area contributed by atoms with Crippen molar-refractivity contribution in [1.82, 2.24) is 0 Å². The van der Waals surface area contributed by atoms with E-state index in [1.807, 2.05) is 6.07 Å². The predicted molar refractivity (Wildman–Crippen MR) is 56.6 cm³/mol. The van der Waals surface area contributed by atoms with Crippen LogP contribution < -0.4 is 0 Å². The van der Waals surface area contributed by atoms with Crippen molar-refractivity contribution >= 4 is 37.6 Å². The highest BCUT2D eigenvalue weighted by Crippen LogP contribution is 2.28. The SMILES string of the molecule is CC(=O)c1cc(C#N)cc(Br)c1Br. The Balaban J connectivity index is 3.44. The Kier molecular flexibility index (Phi) is 3.23.